The van der Waals surface area contributed by atoms with Crippen LogP contribution in [0, 0.1) is 6.92 Å². The molecule has 0 aliphatic heterocycles. The summed E-state index contributed by atoms with van der Waals surface area (Å²) in [7, 11) is 3.54. The Morgan fingerprint density at radius 1 is 1.32 bits per heavy atom. The minimum atomic E-state index is 0.393. The topological polar surface area (TPSA) is 53.1 Å². The number of rotatable bonds is 3. The zero-order valence-electron chi connectivity index (χ0n) is 12.2. The van der Waals surface area contributed by atoms with Gasteiger partial charge in [-0.25, -0.2) is 0 Å². The second-order valence-electron chi connectivity index (χ2n) is 5.10. The van der Waals surface area contributed by atoms with Gasteiger partial charge in [0.25, 0.3) is 0 Å². The number of benzene rings is 1. The van der Waals surface area contributed by atoms with Gasteiger partial charge in [-0.15, -0.1) is 0 Å². The summed E-state index contributed by atoms with van der Waals surface area (Å²) in [6.07, 6.45) is 1.80. The van der Waals surface area contributed by atoms with Crippen molar-refractivity contribution in [2.45, 2.75) is 26.7 Å². The molecule has 0 spiro atoms. The number of nitrogen functional groups attached to an aromatic ring is 1. The minimum Gasteiger partial charge on any atom is -0.496 e. The highest BCUT2D eigenvalue weighted by atomic mass is 16.5. The van der Waals surface area contributed by atoms with Gasteiger partial charge in [-0.1, -0.05) is 26.0 Å². The number of hydrogen-bond acceptors (Lipinski definition) is 3. The van der Waals surface area contributed by atoms with E-state index in [2.05, 4.69) is 31.1 Å². The summed E-state index contributed by atoms with van der Waals surface area (Å²) < 4.78 is 7.27. The van der Waals surface area contributed by atoms with E-state index in [9.17, 15) is 0 Å². The van der Waals surface area contributed by atoms with E-state index in [0.29, 0.717) is 11.7 Å². The van der Waals surface area contributed by atoms with Gasteiger partial charge in [-0.3, -0.25) is 4.68 Å². The third-order valence-corrected chi connectivity index (χ3v) is 3.47. The van der Waals surface area contributed by atoms with Gasteiger partial charge in [0.2, 0.25) is 0 Å². The van der Waals surface area contributed by atoms with Crippen molar-refractivity contribution in [1.29, 1.82) is 0 Å². The smallest absolute Gasteiger partial charge is 0.130 e. The molecule has 4 nitrogen and oxygen atoms in total. The molecular formula is C15H21N3O. The first kappa shape index (κ1) is 13.5. The summed E-state index contributed by atoms with van der Waals surface area (Å²) >= 11 is 0. The first-order valence-electron chi connectivity index (χ1n) is 6.42. The molecule has 0 saturated heterocycles. The van der Waals surface area contributed by atoms with E-state index in [4.69, 9.17) is 10.5 Å². The summed E-state index contributed by atoms with van der Waals surface area (Å²) in [5, 5.41) is 4.23. The molecule has 0 unspecified atom stereocenters. The highest BCUT2D eigenvalue weighted by molar-refractivity contribution is 5.82. The molecule has 2 aromatic rings. The van der Waals surface area contributed by atoms with Crippen LogP contribution in [0.15, 0.2) is 18.3 Å². The van der Waals surface area contributed by atoms with E-state index in [1.807, 2.05) is 14.0 Å². The monoisotopic (exact) mass is 259 g/mol. The van der Waals surface area contributed by atoms with Gasteiger partial charge >= 0.3 is 0 Å². The molecule has 2 N–H and O–H groups in total. The largest absolute Gasteiger partial charge is 0.496 e. The molecule has 1 aromatic carbocycles. The molecule has 0 aliphatic rings. The molecule has 4 heteroatoms. The molecule has 0 bridgehead atoms. The van der Waals surface area contributed by atoms with E-state index in [0.717, 1.165) is 22.4 Å². The Morgan fingerprint density at radius 2 is 2.00 bits per heavy atom. The standard InChI is InChI=1S/C15H21N3O/c1-9(2)11-7-6-10(3)14(19-5)13(11)12-8-17-18(4)15(12)16/h6-9H,16H2,1-5H3. The molecule has 1 aromatic heterocycles. The molecule has 0 fully saturated rings. The third kappa shape index (κ3) is 2.18. The Bertz CT molecular complexity index is 600. The molecular weight excluding hydrogens is 238 g/mol. The summed E-state index contributed by atoms with van der Waals surface area (Å²) in [4.78, 5) is 0. The van der Waals surface area contributed by atoms with E-state index in [1.165, 1.54) is 5.56 Å². The van der Waals surface area contributed by atoms with E-state index >= 15 is 0 Å². The van der Waals surface area contributed by atoms with Crippen LogP contribution in [-0.2, 0) is 7.05 Å². The number of nitrogens with two attached hydrogens (primary N) is 1. The highest BCUT2D eigenvalue weighted by Crippen LogP contribution is 2.41. The Balaban J connectivity index is 2.79. The first-order chi connectivity index (χ1) is 8.97. The van der Waals surface area contributed by atoms with Crippen molar-refractivity contribution < 1.29 is 4.74 Å². The van der Waals surface area contributed by atoms with Gasteiger partial charge in [-0.2, -0.15) is 5.10 Å². The van der Waals surface area contributed by atoms with E-state index in [1.54, 1.807) is 18.0 Å². The number of hydrogen-bond donors (Lipinski definition) is 1. The Labute approximate surface area is 114 Å². The van der Waals surface area contributed by atoms with Crippen LogP contribution in [0.5, 0.6) is 5.75 Å². The molecule has 0 aliphatic carbocycles. The van der Waals surface area contributed by atoms with Crippen LogP contribution in [0.25, 0.3) is 11.1 Å². The van der Waals surface area contributed by atoms with Gasteiger partial charge in [0.15, 0.2) is 0 Å². The van der Waals surface area contributed by atoms with Crippen molar-refractivity contribution >= 4 is 5.82 Å². The third-order valence-electron chi connectivity index (χ3n) is 3.47. The number of anilines is 1. The number of aromatic nitrogens is 2. The zero-order valence-corrected chi connectivity index (χ0v) is 12.2. The normalized spacial score (nSPS) is 11.1. The average molecular weight is 259 g/mol. The number of methoxy groups -OCH3 is 1. The lowest BCUT2D eigenvalue weighted by molar-refractivity contribution is 0.412. The predicted molar refractivity (Wildman–Crippen MR) is 78.4 cm³/mol. The molecule has 0 amide bonds. The second kappa shape index (κ2) is 4.96. The van der Waals surface area contributed by atoms with Crippen molar-refractivity contribution in [3.05, 3.63) is 29.5 Å². The lowest BCUT2D eigenvalue weighted by Crippen LogP contribution is -2.02. The fourth-order valence-corrected chi connectivity index (χ4v) is 2.36. The molecule has 0 saturated carbocycles. The fourth-order valence-electron chi connectivity index (χ4n) is 2.36. The molecule has 2 rings (SSSR count). The highest BCUT2D eigenvalue weighted by Gasteiger charge is 2.20. The lowest BCUT2D eigenvalue weighted by Gasteiger charge is -2.18. The molecule has 0 atom stereocenters. The van der Waals surface area contributed by atoms with Gasteiger partial charge in [0, 0.05) is 18.2 Å². The molecule has 102 valence electrons. The average Bonchev–Trinajstić information content (AvgIpc) is 2.69. The second-order valence-corrected chi connectivity index (χ2v) is 5.10. The lowest BCUT2D eigenvalue weighted by atomic mass is 9.91. The van der Waals surface area contributed by atoms with Crippen LogP contribution in [0.2, 0.25) is 0 Å². The number of aryl methyl sites for hydroxylation is 2. The zero-order chi connectivity index (χ0) is 14.2. The fraction of sp³-hybridized carbons (Fsp3) is 0.400. The van der Waals surface area contributed by atoms with Crippen molar-refractivity contribution in [2.24, 2.45) is 7.05 Å². The van der Waals surface area contributed by atoms with E-state index in [-0.39, 0.29) is 0 Å². The van der Waals surface area contributed by atoms with E-state index < -0.39 is 0 Å². The van der Waals surface area contributed by atoms with Crippen LogP contribution < -0.4 is 10.5 Å². The number of nitrogens with zero attached hydrogens (tertiary/aromatic N) is 2. The molecule has 1 heterocycles. The predicted octanol–water partition coefficient (Wildman–Crippen LogP) is 3.11. The van der Waals surface area contributed by atoms with Gasteiger partial charge < -0.3 is 10.5 Å². The van der Waals surface area contributed by atoms with Crippen molar-refractivity contribution in [3.8, 4) is 16.9 Å². The summed E-state index contributed by atoms with van der Waals surface area (Å²) in [5.74, 6) is 1.93. The molecule has 0 radical (unpaired) electrons. The van der Waals surface area contributed by atoms with Crippen LogP contribution in [0.3, 0.4) is 0 Å². The maximum absolute atomic E-state index is 6.12. The van der Waals surface area contributed by atoms with Crippen LogP contribution in [0.1, 0.15) is 30.9 Å². The quantitative estimate of drug-likeness (QED) is 0.921. The van der Waals surface area contributed by atoms with Crippen LogP contribution in [-0.4, -0.2) is 16.9 Å². The SMILES string of the molecule is COc1c(C)ccc(C(C)C)c1-c1cnn(C)c1N. The first-order valence-corrected chi connectivity index (χ1v) is 6.42. The summed E-state index contributed by atoms with van der Waals surface area (Å²) in [6, 6.07) is 4.23. The van der Waals surface area contributed by atoms with Gasteiger partial charge in [0.05, 0.1) is 13.3 Å². The van der Waals surface area contributed by atoms with Crippen LogP contribution >= 0.6 is 0 Å². The van der Waals surface area contributed by atoms with Crippen molar-refractivity contribution in [2.75, 3.05) is 12.8 Å². The number of ether oxygens (including phenoxy) is 1. The Kier molecular flexibility index (Phi) is 3.51. The van der Waals surface area contributed by atoms with Crippen molar-refractivity contribution in [1.82, 2.24) is 9.78 Å². The minimum absolute atomic E-state index is 0.393. The maximum atomic E-state index is 6.12. The van der Waals surface area contributed by atoms with Crippen molar-refractivity contribution in [3.63, 3.8) is 0 Å². The van der Waals surface area contributed by atoms with Gasteiger partial charge in [-0.05, 0) is 24.0 Å². The summed E-state index contributed by atoms with van der Waals surface area (Å²) in [6.45, 7) is 6.37. The Morgan fingerprint density at radius 3 is 2.47 bits per heavy atom. The Hall–Kier alpha value is -1.97. The van der Waals surface area contributed by atoms with Crippen LogP contribution in [0.4, 0.5) is 5.82 Å². The molecule has 19 heavy (non-hydrogen) atoms. The summed E-state index contributed by atoms with van der Waals surface area (Å²) in [5.41, 5.74) is 10.4. The maximum Gasteiger partial charge on any atom is 0.130 e. The van der Waals surface area contributed by atoms with Gasteiger partial charge in [0.1, 0.15) is 11.6 Å².